The van der Waals surface area contributed by atoms with Crippen molar-refractivity contribution in [2.24, 2.45) is 0 Å². The molecule has 0 bridgehead atoms. The molecule has 1 atom stereocenters. The average molecular weight is 399 g/mol. The Bertz CT molecular complexity index is 886. The van der Waals surface area contributed by atoms with Crippen molar-refractivity contribution in [2.75, 3.05) is 12.4 Å². The first-order valence-corrected chi connectivity index (χ1v) is 7.98. The number of amides is 1. The first-order chi connectivity index (χ1) is 12.9. The third-order valence-corrected chi connectivity index (χ3v) is 4.19. The number of carbonyl (C=O) groups excluding carboxylic acids is 2. The monoisotopic (exact) mass is 399 g/mol. The molecule has 5 nitrogen and oxygen atoms in total. The lowest BCUT2D eigenvalue weighted by Gasteiger charge is -2.29. The van der Waals surface area contributed by atoms with Gasteiger partial charge >= 0.3 is 12.1 Å². The van der Waals surface area contributed by atoms with Gasteiger partial charge in [0.15, 0.2) is 0 Å². The lowest BCUT2D eigenvalue weighted by Crippen LogP contribution is -2.50. The van der Waals surface area contributed by atoms with E-state index in [9.17, 15) is 32.3 Å². The molecule has 0 aliphatic rings. The number of carbonyl (C=O) groups is 2. The zero-order chi connectivity index (χ0) is 21.3. The number of aliphatic hydroxyl groups is 1. The molecule has 0 aliphatic carbocycles. The van der Waals surface area contributed by atoms with Gasteiger partial charge in [-0.3, -0.25) is 4.79 Å². The van der Waals surface area contributed by atoms with Crippen LogP contribution in [0.1, 0.15) is 27.0 Å². The number of esters is 1. The highest BCUT2D eigenvalue weighted by molar-refractivity contribution is 6.05. The normalized spacial score (nSPS) is 13.6. The molecule has 0 spiro atoms. The molecule has 0 radical (unpaired) electrons. The second-order valence-electron chi connectivity index (χ2n) is 6.15. The molecule has 0 aliphatic heterocycles. The van der Waals surface area contributed by atoms with E-state index in [0.29, 0.717) is 0 Å². The van der Waals surface area contributed by atoms with Crippen LogP contribution in [-0.4, -0.2) is 30.3 Å². The smallest absolute Gasteiger partial charge is 0.432 e. The summed E-state index contributed by atoms with van der Waals surface area (Å²) in [5, 5.41) is 12.6. The predicted octanol–water partition coefficient (Wildman–Crippen LogP) is 3.62. The molecule has 0 saturated heterocycles. The van der Waals surface area contributed by atoms with E-state index in [1.54, 1.807) is 0 Å². The summed E-state index contributed by atoms with van der Waals surface area (Å²) in [6, 6.07) is 6.58. The molecule has 2 N–H and O–H groups in total. The number of rotatable bonds is 4. The van der Waals surface area contributed by atoms with E-state index in [1.807, 2.05) is 0 Å². The Morgan fingerprint density at radius 2 is 1.54 bits per heavy atom. The lowest BCUT2D eigenvalue weighted by molar-refractivity contribution is -0.266. The van der Waals surface area contributed by atoms with Crippen molar-refractivity contribution in [3.8, 4) is 0 Å². The SMILES string of the molecule is COC(=O)[C@](O)(c1cc(C)c(NC(=O)c2ccc(F)cc2)c(C)c1)C(F)(F)F. The summed E-state index contributed by atoms with van der Waals surface area (Å²) in [6.45, 7) is 2.82. The van der Waals surface area contributed by atoms with Gasteiger partial charge in [0, 0.05) is 16.8 Å². The summed E-state index contributed by atoms with van der Waals surface area (Å²) in [5.41, 5.74) is -3.88. The fraction of sp³-hybridized carbons (Fsp3) is 0.263. The van der Waals surface area contributed by atoms with Crippen LogP contribution in [0.5, 0.6) is 0 Å². The Hall–Kier alpha value is -2.94. The Labute approximate surface area is 157 Å². The molecule has 9 heteroatoms. The molecule has 0 aromatic heterocycles. The molecule has 0 heterocycles. The number of methoxy groups -OCH3 is 1. The van der Waals surface area contributed by atoms with E-state index >= 15 is 0 Å². The largest absolute Gasteiger partial charge is 0.466 e. The first kappa shape index (κ1) is 21.4. The number of benzene rings is 2. The Morgan fingerprint density at radius 3 is 1.96 bits per heavy atom. The van der Waals surface area contributed by atoms with E-state index in [1.165, 1.54) is 26.0 Å². The van der Waals surface area contributed by atoms with E-state index in [0.717, 1.165) is 31.4 Å². The van der Waals surface area contributed by atoms with Crippen molar-refractivity contribution >= 4 is 17.6 Å². The highest BCUT2D eigenvalue weighted by Gasteiger charge is 2.62. The van der Waals surface area contributed by atoms with E-state index < -0.39 is 35.0 Å². The minimum absolute atomic E-state index is 0.144. The highest BCUT2D eigenvalue weighted by atomic mass is 19.4. The fourth-order valence-electron chi connectivity index (χ4n) is 2.70. The van der Waals surface area contributed by atoms with Gasteiger partial charge in [0.2, 0.25) is 0 Å². The van der Waals surface area contributed by atoms with E-state index in [4.69, 9.17) is 0 Å². The van der Waals surface area contributed by atoms with Gasteiger partial charge in [-0.2, -0.15) is 13.2 Å². The maximum Gasteiger partial charge on any atom is 0.432 e. The minimum atomic E-state index is -5.32. The summed E-state index contributed by atoms with van der Waals surface area (Å²) in [4.78, 5) is 24.0. The summed E-state index contributed by atoms with van der Waals surface area (Å²) in [7, 11) is 0.732. The minimum Gasteiger partial charge on any atom is -0.466 e. The van der Waals surface area contributed by atoms with Gasteiger partial charge in [0.1, 0.15) is 5.82 Å². The van der Waals surface area contributed by atoms with Crippen molar-refractivity contribution in [3.63, 3.8) is 0 Å². The van der Waals surface area contributed by atoms with Gasteiger partial charge in [0.05, 0.1) is 7.11 Å². The Kier molecular flexibility index (Phi) is 5.79. The van der Waals surface area contributed by atoms with Crippen LogP contribution in [0.15, 0.2) is 36.4 Å². The quantitative estimate of drug-likeness (QED) is 0.608. The average Bonchev–Trinajstić information content (AvgIpc) is 2.62. The van der Waals surface area contributed by atoms with E-state index in [-0.39, 0.29) is 22.4 Å². The van der Waals surface area contributed by atoms with Gasteiger partial charge in [-0.1, -0.05) is 12.1 Å². The molecule has 0 unspecified atom stereocenters. The topological polar surface area (TPSA) is 75.6 Å². The van der Waals surface area contributed by atoms with Crippen molar-refractivity contribution in [1.29, 1.82) is 0 Å². The number of nitrogens with one attached hydrogen (secondary N) is 1. The molecule has 150 valence electrons. The molecule has 0 saturated carbocycles. The summed E-state index contributed by atoms with van der Waals surface area (Å²) in [5.74, 6) is -3.00. The number of halogens is 4. The van der Waals surface area contributed by atoms with Crippen LogP contribution < -0.4 is 5.32 Å². The number of hydrogen-bond donors (Lipinski definition) is 2. The predicted molar refractivity (Wildman–Crippen MR) is 92.2 cm³/mol. The van der Waals surface area contributed by atoms with Crippen molar-refractivity contribution in [2.45, 2.75) is 25.6 Å². The third-order valence-electron chi connectivity index (χ3n) is 4.19. The molecule has 2 rings (SSSR count). The number of anilines is 1. The molecular weight excluding hydrogens is 382 g/mol. The highest BCUT2D eigenvalue weighted by Crippen LogP contribution is 2.41. The fourth-order valence-corrected chi connectivity index (χ4v) is 2.70. The zero-order valence-corrected chi connectivity index (χ0v) is 15.1. The molecule has 28 heavy (non-hydrogen) atoms. The first-order valence-electron chi connectivity index (χ1n) is 7.98. The second kappa shape index (κ2) is 7.59. The van der Waals surface area contributed by atoms with Crippen LogP contribution in [-0.2, 0) is 15.1 Å². The van der Waals surface area contributed by atoms with Gasteiger partial charge in [-0.05, 0) is 49.2 Å². The van der Waals surface area contributed by atoms with E-state index in [2.05, 4.69) is 10.1 Å². The Morgan fingerprint density at radius 1 is 1.04 bits per heavy atom. The second-order valence-corrected chi connectivity index (χ2v) is 6.15. The zero-order valence-electron chi connectivity index (χ0n) is 15.1. The Balaban J connectivity index is 2.45. The number of alkyl halides is 3. The van der Waals surface area contributed by atoms with Crippen LogP contribution in [0.4, 0.5) is 23.2 Å². The molecular formula is C19H17F4NO4. The van der Waals surface area contributed by atoms with Crippen LogP contribution >= 0.6 is 0 Å². The van der Waals surface area contributed by atoms with Crippen LogP contribution in [0.3, 0.4) is 0 Å². The number of hydrogen-bond acceptors (Lipinski definition) is 4. The summed E-state index contributed by atoms with van der Waals surface area (Å²) >= 11 is 0. The maximum atomic E-state index is 13.4. The van der Waals surface area contributed by atoms with Crippen molar-refractivity contribution in [3.05, 3.63) is 64.5 Å². The van der Waals surface area contributed by atoms with Crippen molar-refractivity contribution in [1.82, 2.24) is 0 Å². The molecule has 0 fully saturated rings. The molecule has 2 aromatic carbocycles. The molecule has 1 amide bonds. The van der Waals surface area contributed by atoms with Crippen LogP contribution in [0.25, 0.3) is 0 Å². The number of aryl methyl sites for hydroxylation is 2. The summed E-state index contributed by atoms with van der Waals surface area (Å²) in [6.07, 6.45) is -5.32. The van der Waals surface area contributed by atoms with Gasteiger partial charge < -0.3 is 15.2 Å². The van der Waals surface area contributed by atoms with Crippen molar-refractivity contribution < 1.29 is 37.0 Å². The van der Waals surface area contributed by atoms with Gasteiger partial charge in [0.25, 0.3) is 11.5 Å². The lowest BCUT2D eigenvalue weighted by atomic mass is 9.89. The number of ether oxygens (including phenoxy) is 1. The molecule has 2 aromatic rings. The standard InChI is InChI=1S/C19H17F4NO4/c1-10-8-13(18(27,17(26)28-3)19(21,22)23)9-11(2)15(10)24-16(25)12-4-6-14(20)7-5-12/h4-9,27H,1-3H3,(H,24,25)/t18-/m1/s1. The summed E-state index contributed by atoms with van der Waals surface area (Å²) < 4.78 is 57.3. The third kappa shape index (κ3) is 3.84. The van der Waals surface area contributed by atoms with Gasteiger partial charge in [-0.15, -0.1) is 0 Å². The maximum absolute atomic E-state index is 13.4. The van der Waals surface area contributed by atoms with Crippen LogP contribution in [0, 0.1) is 19.7 Å². The van der Waals surface area contributed by atoms with Crippen LogP contribution in [0.2, 0.25) is 0 Å². The van der Waals surface area contributed by atoms with Gasteiger partial charge in [-0.25, -0.2) is 9.18 Å².